The lowest BCUT2D eigenvalue weighted by Crippen LogP contribution is -2.43. The Morgan fingerprint density at radius 2 is 1.62 bits per heavy atom. The minimum absolute atomic E-state index is 0.00615. The van der Waals surface area contributed by atoms with Crippen LogP contribution >= 0.6 is 0 Å². The summed E-state index contributed by atoms with van der Waals surface area (Å²) in [5, 5.41) is 1.13. The molecule has 2 aromatic carbocycles. The highest BCUT2D eigenvalue weighted by molar-refractivity contribution is 6.01. The van der Waals surface area contributed by atoms with Crippen molar-refractivity contribution in [3.8, 4) is 0 Å². The summed E-state index contributed by atoms with van der Waals surface area (Å²) in [6.07, 6.45) is -0.661. The molecule has 2 aromatic rings. The molecule has 0 unspecified atom stereocenters. The molecular weight excluding hydrogens is 372 g/mol. The van der Waals surface area contributed by atoms with Crippen molar-refractivity contribution in [3.05, 3.63) is 71.8 Å². The van der Waals surface area contributed by atoms with Crippen molar-refractivity contribution in [3.63, 3.8) is 0 Å². The Morgan fingerprint density at radius 3 is 2.21 bits per heavy atom. The Morgan fingerprint density at radius 1 is 1.03 bits per heavy atom. The molecule has 1 saturated heterocycles. The van der Waals surface area contributed by atoms with Crippen LogP contribution in [-0.2, 0) is 14.3 Å². The van der Waals surface area contributed by atoms with E-state index < -0.39 is 23.9 Å². The molecule has 3 rings (SSSR count). The molecule has 7 heteroatoms. The third-order valence-electron chi connectivity index (χ3n) is 4.71. The average Bonchev–Trinajstić information content (AvgIpc) is 3.13. The zero-order valence-electron chi connectivity index (χ0n) is 16.0. The van der Waals surface area contributed by atoms with Gasteiger partial charge in [-0.05, 0) is 18.6 Å². The van der Waals surface area contributed by atoms with E-state index >= 15 is 0 Å². The molecular formula is C22H22N2O5. The number of ketones is 1. The number of rotatable bonds is 7. The first-order chi connectivity index (χ1) is 14.0. The van der Waals surface area contributed by atoms with Gasteiger partial charge in [0.15, 0.2) is 6.10 Å². The molecule has 1 heterocycles. The highest BCUT2D eigenvalue weighted by Crippen LogP contribution is 2.20. The lowest BCUT2D eigenvalue weighted by atomic mass is 10.0. The van der Waals surface area contributed by atoms with Crippen LogP contribution in [-0.4, -0.2) is 41.2 Å². The van der Waals surface area contributed by atoms with Crippen LogP contribution in [0.25, 0.3) is 0 Å². The van der Waals surface area contributed by atoms with Gasteiger partial charge in [-0.25, -0.2) is 0 Å². The smallest absolute Gasteiger partial charge is 0.312 e. The Labute approximate surface area is 168 Å². The Bertz CT molecular complexity index is 898. The number of carbonyl (C=O) groups excluding carboxylic acids is 4. The zero-order valence-corrected chi connectivity index (χ0v) is 16.0. The van der Waals surface area contributed by atoms with E-state index in [1.807, 2.05) is 0 Å². The van der Waals surface area contributed by atoms with Gasteiger partial charge >= 0.3 is 5.97 Å². The summed E-state index contributed by atoms with van der Waals surface area (Å²) in [4.78, 5) is 49.5. The topological polar surface area (TPSA) is 92.8 Å². The van der Waals surface area contributed by atoms with E-state index in [9.17, 15) is 19.2 Å². The number of nitrogens with one attached hydrogen (secondary N) is 1. The highest BCUT2D eigenvalue weighted by Gasteiger charge is 2.38. The van der Waals surface area contributed by atoms with Crippen LogP contribution in [0.3, 0.4) is 0 Å². The van der Waals surface area contributed by atoms with E-state index in [2.05, 4.69) is 5.43 Å². The predicted molar refractivity (Wildman–Crippen MR) is 105 cm³/mol. The van der Waals surface area contributed by atoms with Gasteiger partial charge in [-0.3, -0.25) is 29.6 Å². The molecule has 0 aliphatic carbocycles. The normalized spacial score (nSPS) is 16.9. The molecule has 7 nitrogen and oxygen atoms in total. The van der Waals surface area contributed by atoms with Crippen LogP contribution in [0.1, 0.15) is 40.5 Å². The quantitative estimate of drug-likeness (QED) is 0.575. The number of hydrazine groups is 1. The summed E-state index contributed by atoms with van der Waals surface area (Å²) >= 11 is 0. The van der Waals surface area contributed by atoms with Crippen LogP contribution in [0.5, 0.6) is 0 Å². The number of hydrogen-bond donors (Lipinski definition) is 1. The zero-order chi connectivity index (χ0) is 20.8. The van der Waals surface area contributed by atoms with E-state index in [1.165, 1.54) is 0 Å². The fraction of sp³-hybridized carbons (Fsp3) is 0.273. The summed E-state index contributed by atoms with van der Waals surface area (Å²) in [5.41, 5.74) is 3.39. The Hall–Kier alpha value is -3.48. The van der Waals surface area contributed by atoms with E-state index in [0.717, 1.165) is 5.01 Å². The van der Waals surface area contributed by atoms with Crippen LogP contribution in [0, 0.1) is 5.92 Å². The van der Waals surface area contributed by atoms with Gasteiger partial charge in [-0.15, -0.1) is 0 Å². The molecule has 0 spiro atoms. The molecule has 29 heavy (non-hydrogen) atoms. The van der Waals surface area contributed by atoms with Crippen molar-refractivity contribution in [1.82, 2.24) is 10.4 Å². The summed E-state index contributed by atoms with van der Waals surface area (Å²) in [6.45, 7) is 1.76. The lowest BCUT2D eigenvalue weighted by Gasteiger charge is -2.19. The molecule has 1 fully saturated rings. The number of ether oxygens (including phenoxy) is 1. The second-order valence-corrected chi connectivity index (χ2v) is 6.78. The van der Waals surface area contributed by atoms with E-state index in [0.29, 0.717) is 17.5 Å². The summed E-state index contributed by atoms with van der Waals surface area (Å²) < 4.78 is 5.41. The van der Waals surface area contributed by atoms with Crippen molar-refractivity contribution in [2.75, 3.05) is 6.54 Å². The third-order valence-corrected chi connectivity index (χ3v) is 4.71. The van der Waals surface area contributed by atoms with Gasteiger partial charge in [0.25, 0.3) is 5.91 Å². The molecule has 2 atom stereocenters. The van der Waals surface area contributed by atoms with Gasteiger partial charge in [-0.1, -0.05) is 55.5 Å². The first kappa shape index (κ1) is 20.3. The van der Waals surface area contributed by atoms with Crippen molar-refractivity contribution < 1.29 is 23.9 Å². The molecule has 0 radical (unpaired) electrons. The molecule has 0 aromatic heterocycles. The van der Waals surface area contributed by atoms with Crippen molar-refractivity contribution in [1.29, 1.82) is 0 Å². The summed E-state index contributed by atoms with van der Waals surface area (Å²) in [6, 6.07) is 17.1. The average molecular weight is 394 g/mol. The number of esters is 1. The maximum Gasteiger partial charge on any atom is 0.312 e. The number of Topliss-reactive ketones (excluding diaryl/α,β-unsaturated/α-hetero) is 1. The Balaban J connectivity index is 1.59. The molecule has 2 amide bonds. The highest BCUT2D eigenvalue weighted by atomic mass is 16.5. The molecule has 1 N–H and O–H groups in total. The van der Waals surface area contributed by atoms with Crippen LogP contribution in [0.4, 0.5) is 0 Å². The van der Waals surface area contributed by atoms with E-state index in [4.69, 9.17) is 4.74 Å². The van der Waals surface area contributed by atoms with E-state index in [-0.39, 0.29) is 24.7 Å². The van der Waals surface area contributed by atoms with Gasteiger partial charge in [0.2, 0.25) is 11.7 Å². The van der Waals surface area contributed by atoms with Crippen LogP contribution < -0.4 is 5.43 Å². The SMILES string of the molecule is CC[C@H](OC(=O)[C@H]1CC(=O)N(NC(=O)c2ccccc2)C1)C(=O)c1ccccc1. The van der Waals surface area contributed by atoms with Crippen molar-refractivity contribution >= 4 is 23.6 Å². The van der Waals surface area contributed by atoms with Gasteiger partial charge < -0.3 is 4.74 Å². The minimum Gasteiger partial charge on any atom is -0.454 e. The standard InChI is InChI=1S/C22H22N2O5/c1-2-18(20(26)15-9-5-3-6-10-15)29-22(28)17-13-19(25)24(14-17)23-21(27)16-11-7-4-8-12-16/h3-12,17-18H,2,13-14H2,1H3,(H,23,27)/t17-,18-/m0/s1. The number of nitrogens with zero attached hydrogens (tertiary/aromatic N) is 1. The maximum atomic E-state index is 12.5. The summed E-state index contributed by atoms with van der Waals surface area (Å²) in [7, 11) is 0. The fourth-order valence-electron chi connectivity index (χ4n) is 3.10. The molecule has 150 valence electrons. The monoisotopic (exact) mass is 394 g/mol. The lowest BCUT2D eigenvalue weighted by molar-refractivity contribution is -0.151. The first-order valence-electron chi connectivity index (χ1n) is 9.45. The van der Waals surface area contributed by atoms with Gasteiger partial charge in [0.05, 0.1) is 12.5 Å². The van der Waals surface area contributed by atoms with Gasteiger partial charge in [-0.2, -0.15) is 0 Å². The minimum atomic E-state index is -0.909. The van der Waals surface area contributed by atoms with E-state index in [1.54, 1.807) is 67.6 Å². The van der Waals surface area contributed by atoms with Gasteiger partial charge in [0, 0.05) is 17.5 Å². The summed E-state index contributed by atoms with van der Waals surface area (Å²) in [5.74, 6) is -2.44. The largest absolute Gasteiger partial charge is 0.454 e. The Kier molecular flexibility index (Phi) is 6.39. The molecule has 1 aliphatic heterocycles. The number of hydrogen-bond acceptors (Lipinski definition) is 5. The van der Waals surface area contributed by atoms with Crippen molar-refractivity contribution in [2.24, 2.45) is 5.92 Å². The molecule has 1 aliphatic rings. The maximum absolute atomic E-state index is 12.5. The second kappa shape index (κ2) is 9.14. The molecule has 0 saturated carbocycles. The fourth-order valence-corrected chi connectivity index (χ4v) is 3.10. The third kappa shape index (κ3) is 4.87. The number of amides is 2. The number of benzene rings is 2. The van der Waals surface area contributed by atoms with Crippen molar-refractivity contribution in [2.45, 2.75) is 25.9 Å². The predicted octanol–water partition coefficient (Wildman–Crippen LogP) is 2.38. The van der Waals surface area contributed by atoms with Crippen LogP contribution in [0.15, 0.2) is 60.7 Å². The first-order valence-corrected chi connectivity index (χ1v) is 9.45. The van der Waals surface area contributed by atoms with Crippen LogP contribution in [0.2, 0.25) is 0 Å². The second-order valence-electron chi connectivity index (χ2n) is 6.78. The molecule has 0 bridgehead atoms. The number of carbonyl (C=O) groups is 4. The van der Waals surface area contributed by atoms with Gasteiger partial charge in [0.1, 0.15) is 0 Å².